The van der Waals surface area contributed by atoms with Gasteiger partial charge < -0.3 is 5.32 Å². The molecular formula is C11H16F2N2. The number of aromatic nitrogens is 1. The summed E-state index contributed by atoms with van der Waals surface area (Å²) >= 11 is 0. The molecule has 0 saturated heterocycles. The van der Waals surface area contributed by atoms with Crippen LogP contribution in [0.5, 0.6) is 0 Å². The van der Waals surface area contributed by atoms with Crippen molar-refractivity contribution in [3.8, 4) is 0 Å². The molecule has 0 spiro atoms. The van der Waals surface area contributed by atoms with E-state index in [0.29, 0.717) is 12.5 Å². The van der Waals surface area contributed by atoms with E-state index < -0.39 is 6.43 Å². The third-order valence-electron chi connectivity index (χ3n) is 2.02. The fourth-order valence-electron chi connectivity index (χ4n) is 1.23. The number of halogens is 2. The van der Waals surface area contributed by atoms with Gasteiger partial charge in [-0.15, -0.1) is 0 Å². The summed E-state index contributed by atoms with van der Waals surface area (Å²) in [6, 6.07) is 5.69. The molecule has 1 N–H and O–H groups in total. The van der Waals surface area contributed by atoms with Gasteiger partial charge in [0.15, 0.2) is 0 Å². The number of pyridine rings is 1. The van der Waals surface area contributed by atoms with Crippen molar-refractivity contribution in [2.24, 2.45) is 0 Å². The summed E-state index contributed by atoms with van der Waals surface area (Å²) < 4.78 is 23.7. The first kappa shape index (κ1) is 12.0. The fraction of sp³-hybridized carbons (Fsp3) is 0.545. The van der Waals surface area contributed by atoms with Gasteiger partial charge in [0.1, 0.15) is 0 Å². The Kier molecular flexibility index (Phi) is 4.62. The Morgan fingerprint density at radius 2 is 2.07 bits per heavy atom. The largest absolute Gasteiger partial charge is 0.306 e. The predicted molar refractivity (Wildman–Crippen MR) is 56.0 cm³/mol. The van der Waals surface area contributed by atoms with Crippen LogP contribution in [0.15, 0.2) is 18.2 Å². The minimum Gasteiger partial charge on any atom is -0.306 e. The van der Waals surface area contributed by atoms with Crippen LogP contribution < -0.4 is 5.32 Å². The lowest BCUT2D eigenvalue weighted by molar-refractivity contribution is 0.145. The van der Waals surface area contributed by atoms with Gasteiger partial charge in [-0.3, -0.25) is 4.98 Å². The molecule has 15 heavy (non-hydrogen) atoms. The number of nitrogens with zero attached hydrogens (tertiary/aromatic N) is 1. The normalized spacial score (nSPS) is 11.3. The van der Waals surface area contributed by atoms with E-state index in [4.69, 9.17) is 0 Å². The summed E-state index contributed by atoms with van der Waals surface area (Å²) in [5, 5.41) is 2.65. The summed E-state index contributed by atoms with van der Waals surface area (Å²) in [5.74, 6) is 0.361. The van der Waals surface area contributed by atoms with Crippen LogP contribution in [0.2, 0.25) is 0 Å². The smallest absolute Gasteiger partial charge is 0.250 e. The van der Waals surface area contributed by atoms with Crippen molar-refractivity contribution < 1.29 is 8.78 Å². The van der Waals surface area contributed by atoms with Gasteiger partial charge in [-0.25, -0.2) is 8.78 Å². The molecule has 84 valence electrons. The fourth-order valence-corrected chi connectivity index (χ4v) is 1.23. The Morgan fingerprint density at radius 1 is 1.33 bits per heavy atom. The molecule has 1 rings (SSSR count). The number of nitrogens with one attached hydrogen (secondary N) is 1. The second-order valence-corrected chi connectivity index (χ2v) is 3.73. The summed E-state index contributed by atoms with van der Waals surface area (Å²) in [4.78, 5) is 4.36. The zero-order chi connectivity index (χ0) is 11.3. The number of hydrogen-bond donors (Lipinski definition) is 1. The maximum atomic E-state index is 11.9. The highest BCUT2D eigenvalue weighted by Gasteiger charge is 2.04. The van der Waals surface area contributed by atoms with Gasteiger partial charge in [-0.2, -0.15) is 0 Å². The second-order valence-electron chi connectivity index (χ2n) is 3.73. The van der Waals surface area contributed by atoms with Crippen molar-refractivity contribution in [3.05, 3.63) is 29.6 Å². The molecule has 4 heteroatoms. The van der Waals surface area contributed by atoms with Crippen LogP contribution in [-0.4, -0.2) is 18.0 Å². The summed E-state index contributed by atoms with van der Waals surface area (Å²) in [6.07, 6.45) is -2.31. The average molecular weight is 214 g/mol. The molecule has 0 aliphatic rings. The molecule has 0 aliphatic carbocycles. The molecule has 0 bridgehead atoms. The third-order valence-corrected chi connectivity index (χ3v) is 2.02. The lowest BCUT2D eigenvalue weighted by Gasteiger charge is -2.07. The van der Waals surface area contributed by atoms with Gasteiger partial charge in [-0.05, 0) is 18.1 Å². The van der Waals surface area contributed by atoms with Gasteiger partial charge in [-0.1, -0.05) is 19.9 Å². The van der Waals surface area contributed by atoms with Crippen molar-refractivity contribution in [1.82, 2.24) is 10.3 Å². The molecule has 1 aromatic rings. The molecule has 2 nitrogen and oxygen atoms in total. The van der Waals surface area contributed by atoms with Crippen molar-refractivity contribution in [3.63, 3.8) is 0 Å². The number of hydrogen-bond acceptors (Lipinski definition) is 2. The van der Waals surface area contributed by atoms with E-state index in [1.165, 1.54) is 0 Å². The number of rotatable bonds is 5. The topological polar surface area (TPSA) is 24.9 Å². The van der Waals surface area contributed by atoms with E-state index >= 15 is 0 Å². The van der Waals surface area contributed by atoms with Gasteiger partial charge >= 0.3 is 0 Å². The quantitative estimate of drug-likeness (QED) is 0.814. The Hall–Kier alpha value is -1.03. The van der Waals surface area contributed by atoms with E-state index in [9.17, 15) is 8.78 Å². The highest BCUT2D eigenvalue weighted by atomic mass is 19.3. The molecule has 0 radical (unpaired) electrons. The van der Waals surface area contributed by atoms with Crippen LogP contribution in [0.25, 0.3) is 0 Å². The minimum absolute atomic E-state index is 0.284. The third kappa shape index (κ3) is 4.34. The zero-order valence-electron chi connectivity index (χ0n) is 9.00. The van der Waals surface area contributed by atoms with E-state index in [2.05, 4.69) is 24.1 Å². The van der Waals surface area contributed by atoms with Crippen LogP contribution in [0.4, 0.5) is 8.78 Å². The Morgan fingerprint density at radius 3 is 2.67 bits per heavy atom. The molecule has 0 saturated carbocycles. The van der Waals surface area contributed by atoms with E-state index in [1.54, 1.807) is 0 Å². The maximum Gasteiger partial charge on any atom is 0.250 e. The van der Waals surface area contributed by atoms with Gasteiger partial charge in [0.05, 0.1) is 12.2 Å². The van der Waals surface area contributed by atoms with Gasteiger partial charge in [0, 0.05) is 12.2 Å². The number of alkyl halides is 2. The van der Waals surface area contributed by atoms with Crippen LogP contribution in [0.1, 0.15) is 31.2 Å². The molecule has 0 amide bonds. The first-order valence-corrected chi connectivity index (χ1v) is 5.04. The Bertz CT molecular complexity index is 300. The van der Waals surface area contributed by atoms with E-state index in [0.717, 1.165) is 11.4 Å². The summed E-state index contributed by atoms with van der Waals surface area (Å²) in [5.41, 5.74) is 1.80. The monoisotopic (exact) mass is 214 g/mol. The lowest BCUT2D eigenvalue weighted by Crippen LogP contribution is -2.21. The maximum absolute atomic E-state index is 11.9. The molecule has 1 heterocycles. The summed E-state index contributed by atoms with van der Waals surface area (Å²) in [6.45, 7) is 4.22. The highest BCUT2D eigenvalue weighted by molar-refractivity contribution is 5.13. The zero-order valence-corrected chi connectivity index (χ0v) is 9.00. The summed E-state index contributed by atoms with van der Waals surface area (Å²) in [7, 11) is 0. The van der Waals surface area contributed by atoms with Crippen molar-refractivity contribution >= 4 is 0 Å². The van der Waals surface area contributed by atoms with Crippen molar-refractivity contribution in [2.45, 2.75) is 32.7 Å². The van der Waals surface area contributed by atoms with Crippen molar-refractivity contribution in [1.29, 1.82) is 0 Å². The lowest BCUT2D eigenvalue weighted by atomic mass is 10.1. The minimum atomic E-state index is -2.31. The first-order valence-electron chi connectivity index (χ1n) is 5.04. The first-order chi connectivity index (χ1) is 7.09. The van der Waals surface area contributed by atoms with Gasteiger partial charge in [0.25, 0.3) is 6.43 Å². The van der Waals surface area contributed by atoms with E-state index in [1.807, 2.05) is 18.2 Å². The van der Waals surface area contributed by atoms with Crippen LogP contribution in [0.3, 0.4) is 0 Å². The van der Waals surface area contributed by atoms with Crippen LogP contribution in [0, 0.1) is 0 Å². The standard InChI is InChI=1S/C11H16F2N2/c1-8(2)10-5-3-4-9(15-10)6-14-7-11(12)13/h3-5,8,11,14H,6-7H2,1-2H3. The van der Waals surface area contributed by atoms with E-state index in [-0.39, 0.29) is 6.54 Å². The second kappa shape index (κ2) is 5.75. The molecule has 0 fully saturated rings. The van der Waals surface area contributed by atoms with Crippen LogP contribution >= 0.6 is 0 Å². The Labute approximate surface area is 88.7 Å². The average Bonchev–Trinajstić information content (AvgIpc) is 2.17. The Balaban J connectivity index is 2.50. The van der Waals surface area contributed by atoms with Crippen LogP contribution in [-0.2, 0) is 6.54 Å². The molecule has 1 aromatic heterocycles. The van der Waals surface area contributed by atoms with Crippen molar-refractivity contribution in [2.75, 3.05) is 6.54 Å². The predicted octanol–water partition coefficient (Wildman–Crippen LogP) is 2.56. The molecule has 0 aliphatic heterocycles. The molecular weight excluding hydrogens is 198 g/mol. The molecule has 0 atom stereocenters. The highest BCUT2D eigenvalue weighted by Crippen LogP contribution is 2.11. The molecule has 0 unspecified atom stereocenters. The van der Waals surface area contributed by atoms with Gasteiger partial charge in [0.2, 0.25) is 0 Å². The molecule has 0 aromatic carbocycles. The SMILES string of the molecule is CC(C)c1cccc(CNCC(F)F)n1.